The van der Waals surface area contributed by atoms with Crippen LogP contribution < -0.4 is 9.47 Å². The third kappa shape index (κ3) is 1.61. The van der Waals surface area contributed by atoms with Crippen molar-refractivity contribution in [3.05, 3.63) is 23.3 Å². The molecule has 1 aliphatic carbocycles. The molecule has 1 aromatic rings. The summed E-state index contributed by atoms with van der Waals surface area (Å²) in [6.07, 6.45) is 4.62. The number of hydrogen-bond acceptors (Lipinski definition) is 4. The van der Waals surface area contributed by atoms with Gasteiger partial charge < -0.3 is 9.47 Å². The summed E-state index contributed by atoms with van der Waals surface area (Å²) < 4.78 is 11.2. The number of rotatable bonds is 2. The summed E-state index contributed by atoms with van der Waals surface area (Å²) in [5.74, 6) is 1.58. The van der Waals surface area contributed by atoms with Crippen molar-refractivity contribution in [2.45, 2.75) is 31.7 Å². The molecule has 0 unspecified atom stereocenters. The van der Waals surface area contributed by atoms with Crippen LogP contribution in [0.15, 0.2) is 17.1 Å². The predicted octanol–water partition coefficient (Wildman–Crippen LogP) is 2.48. The molecule has 1 heterocycles. The van der Waals surface area contributed by atoms with Crippen molar-refractivity contribution in [2.75, 3.05) is 13.2 Å². The Morgan fingerprint density at radius 1 is 1.28 bits per heavy atom. The van der Waals surface area contributed by atoms with Gasteiger partial charge in [0.25, 0.3) is 0 Å². The first-order valence-electron chi connectivity index (χ1n) is 6.25. The van der Waals surface area contributed by atoms with Gasteiger partial charge >= 0.3 is 0 Å². The van der Waals surface area contributed by atoms with Crippen LogP contribution in [0.4, 0.5) is 0 Å². The molecule has 0 amide bonds. The van der Waals surface area contributed by atoms with E-state index in [-0.39, 0.29) is 5.54 Å². The number of aryl methyl sites for hydroxylation is 1. The fraction of sp³-hybridized carbons (Fsp3) is 0.500. The second-order valence-electron chi connectivity index (χ2n) is 4.91. The van der Waals surface area contributed by atoms with E-state index in [2.05, 4.69) is 4.99 Å². The van der Waals surface area contributed by atoms with Gasteiger partial charge in [0.15, 0.2) is 11.5 Å². The first kappa shape index (κ1) is 11.3. The Morgan fingerprint density at radius 2 is 2.06 bits per heavy atom. The van der Waals surface area contributed by atoms with Crippen molar-refractivity contribution in [1.29, 1.82) is 0 Å². The molecule has 0 aromatic heterocycles. The predicted molar refractivity (Wildman–Crippen MR) is 65.8 cm³/mol. The third-order valence-corrected chi connectivity index (χ3v) is 3.81. The highest BCUT2D eigenvalue weighted by Gasteiger charge is 2.39. The van der Waals surface area contributed by atoms with Gasteiger partial charge in [0.2, 0.25) is 6.08 Å². The Morgan fingerprint density at radius 3 is 2.72 bits per heavy atom. The molecule has 0 saturated heterocycles. The van der Waals surface area contributed by atoms with E-state index < -0.39 is 0 Å². The molecule has 1 fully saturated rings. The number of carbonyl (C=O) groups excluding carboxylic acids is 1. The number of fused-ring (bicyclic) bond motifs is 1. The number of hydrogen-bond donors (Lipinski definition) is 0. The van der Waals surface area contributed by atoms with Crippen molar-refractivity contribution >= 4 is 6.08 Å². The van der Waals surface area contributed by atoms with E-state index in [9.17, 15) is 4.79 Å². The third-order valence-electron chi connectivity index (χ3n) is 3.81. The van der Waals surface area contributed by atoms with Gasteiger partial charge in [-0.15, -0.1) is 0 Å². The lowest BCUT2D eigenvalue weighted by molar-refractivity contribution is 0.169. The van der Waals surface area contributed by atoms with Crippen LogP contribution in [0.3, 0.4) is 0 Å². The maximum Gasteiger partial charge on any atom is 0.235 e. The molecule has 1 saturated carbocycles. The molecule has 0 radical (unpaired) electrons. The van der Waals surface area contributed by atoms with Crippen molar-refractivity contribution in [3.63, 3.8) is 0 Å². The Labute approximate surface area is 106 Å². The summed E-state index contributed by atoms with van der Waals surface area (Å²) in [6.45, 7) is 3.15. The van der Waals surface area contributed by atoms with Crippen LogP contribution in [0.5, 0.6) is 11.5 Å². The molecule has 4 nitrogen and oxygen atoms in total. The first-order chi connectivity index (χ1) is 8.75. The van der Waals surface area contributed by atoms with E-state index in [0.29, 0.717) is 13.2 Å². The molecular formula is C14H15NO3. The van der Waals surface area contributed by atoms with Gasteiger partial charge in [-0.3, -0.25) is 0 Å². The van der Waals surface area contributed by atoms with E-state index in [1.54, 1.807) is 6.08 Å². The Balaban J connectivity index is 2.07. The smallest absolute Gasteiger partial charge is 0.235 e. The molecule has 0 N–H and O–H groups in total. The van der Waals surface area contributed by atoms with Crippen molar-refractivity contribution < 1.29 is 14.3 Å². The second-order valence-corrected chi connectivity index (χ2v) is 4.91. The lowest BCUT2D eigenvalue weighted by Crippen LogP contribution is -2.32. The van der Waals surface area contributed by atoms with Gasteiger partial charge in [-0.2, -0.15) is 4.99 Å². The van der Waals surface area contributed by atoms with Crippen LogP contribution in [0.1, 0.15) is 30.4 Å². The van der Waals surface area contributed by atoms with Gasteiger partial charge in [-0.1, -0.05) is 0 Å². The molecule has 0 spiro atoms. The molecule has 3 rings (SSSR count). The van der Waals surface area contributed by atoms with E-state index in [0.717, 1.165) is 41.9 Å². The molecule has 2 aliphatic rings. The topological polar surface area (TPSA) is 47.9 Å². The van der Waals surface area contributed by atoms with Crippen molar-refractivity contribution in [3.8, 4) is 11.5 Å². The van der Waals surface area contributed by atoms with Crippen LogP contribution in [-0.4, -0.2) is 19.3 Å². The van der Waals surface area contributed by atoms with Crippen molar-refractivity contribution in [1.82, 2.24) is 0 Å². The van der Waals surface area contributed by atoms with Gasteiger partial charge in [-0.25, -0.2) is 4.79 Å². The highest BCUT2D eigenvalue weighted by atomic mass is 16.6. The first-order valence-corrected chi connectivity index (χ1v) is 6.25. The van der Waals surface area contributed by atoms with Crippen LogP contribution in [0, 0.1) is 6.92 Å². The number of isocyanates is 1. The van der Waals surface area contributed by atoms with Gasteiger partial charge in [0.05, 0.1) is 5.54 Å². The number of nitrogens with zero attached hydrogens (tertiary/aromatic N) is 1. The molecule has 4 heteroatoms. The van der Waals surface area contributed by atoms with Crippen molar-refractivity contribution in [2.24, 2.45) is 4.99 Å². The summed E-state index contributed by atoms with van der Waals surface area (Å²) in [6, 6.07) is 4.01. The normalized spacial score (nSPS) is 19.6. The summed E-state index contributed by atoms with van der Waals surface area (Å²) in [5.41, 5.74) is 1.70. The second kappa shape index (κ2) is 4.14. The lowest BCUT2D eigenvalue weighted by atomic mass is 9.72. The minimum atomic E-state index is -0.373. The monoisotopic (exact) mass is 245 g/mol. The standard InChI is InChI=1S/C14H15NO3/c1-10-7-11(14(15-9-16)3-2-4-14)8-12-13(10)18-6-5-17-12/h7-8H,2-6H2,1H3. The highest BCUT2D eigenvalue weighted by molar-refractivity contribution is 5.52. The minimum Gasteiger partial charge on any atom is -0.486 e. The minimum absolute atomic E-state index is 0.373. The lowest BCUT2D eigenvalue weighted by Gasteiger charge is -2.38. The SMILES string of the molecule is Cc1cc(C2(N=C=O)CCC2)cc2c1OCCO2. The average Bonchev–Trinajstić information content (AvgIpc) is 2.34. The van der Waals surface area contributed by atoms with Crippen LogP contribution in [0.25, 0.3) is 0 Å². The quantitative estimate of drug-likeness (QED) is 0.594. The van der Waals surface area contributed by atoms with E-state index >= 15 is 0 Å². The maximum absolute atomic E-state index is 10.6. The maximum atomic E-state index is 10.6. The van der Waals surface area contributed by atoms with Crippen LogP contribution in [0.2, 0.25) is 0 Å². The van der Waals surface area contributed by atoms with Gasteiger partial charge in [-0.05, 0) is 49.4 Å². The Bertz CT molecular complexity index is 528. The van der Waals surface area contributed by atoms with Crippen LogP contribution >= 0.6 is 0 Å². The average molecular weight is 245 g/mol. The Hall–Kier alpha value is -1.80. The van der Waals surface area contributed by atoms with Crippen LogP contribution in [-0.2, 0) is 10.3 Å². The summed E-state index contributed by atoms with van der Waals surface area (Å²) in [4.78, 5) is 14.6. The van der Waals surface area contributed by atoms with Gasteiger partial charge in [0, 0.05) is 0 Å². The van der Waals surface area contributed by atoms with E-state index in [1.807, 2.05) is 19.1 Å². The number of aliphatic imine (C=N–C) groups is 1. The molecule has 0 bridgehead atoms. The number of ether oxygens (including phenoxy) is 2. The van der Waals surface area contributed by atoms with Gasteiger partial charge in [0.1, 0.15) is 13.2 Å². The molecule has 94 valence electrons. The summed E-state index contributed by atoms with van der Waals surface area (Å²) in [7, 11) is 0. The fourth-order valence-electron chi connectivity index (χ4n) is 2.66. The zero-order valence-corrected chi connectivity index (χ0v) is 10.4. The summed E-state index contributed by atoms with van der Waals surface area (Å²) in [5, 5.41) is 0. The highest BCUT2D eigenvalue weighted by Crippen LogP contribution is 2.48. The fourth-order valence-corrected chi connectivity index (χ4v) is 2.66. The molecule has 1 aromatic carbocycles. The van der Waals surface area contributed by atoms with E-state index in [1.165, 1.54) is 0 Å². The zero-order valence-electron chi connectivity index (χ0n) is 10.4. The summed E-state index contributed by atoms with van der Waals surface area (Å²) >= 11 is 0. The van der Waals surface area contributed by atoms with E-state index in [4.69, 9.17) is 9.47 Å². The largest absolute Gasteiger partial charge is 0.486 e. The number of benzene rings is 1. The Kier molecular flexibility index (Phi) is 2.60. The molecule has 18 heavy (non-hydrogen) atoms. The molecular weight excluding hydrogens is 230 g/mol. The molecule has 1 aliphatic heterocycles. The molecule has 0 atom stereocenters. The zero-order chi connectivity index (χ0) is 12.6.